The van der Waals surface area contributed by atoms with Crippen LogP contribution >= 0.6 is 63.7 Å². The van der Waals surface area contributed by atoms with Crippen molar-refractivity contribution in [1.29, 1.82) is 0 Å². The van der Waals surface area contributed by atoms with Gasteiger partial charge in [0.2, 0.25) is 0 Å². The van der Waals surface area contributed by atoms with Crippen LogP contribution in [0.15, 0.2) is 54.8 Å². The highest BCUT2D eigenvalue weighted by Gasteiger charge is 2.16. The zero-order valence-electron chi connectivity index (χ0n) is 10.3. The van der Waals surface area contributed by atoms with E-state index in [9.17, 15) is 0 Å². The Bertz CT molecular complexity index is 783. The summed E-state index contributed by atoms with van der Waals surface area (Å²) in [5, 5.41) is 2.43. The predicted molar refractivity (Wildman–Crippen MR) is 100 cm³/mol. The van der Waals surface area contributed by atoms with Gasteiger partial charge < -0.3 is 4.57 Å². The van der Waals surface area contributed by atoms with E-state index in [1.54, 1.807) is 0 Å². The van der Waals surface area contributed by atoms with Crippen molar-refractivity contribution in [3.05, 3.63) is 54.8 Å². The molecule has 1 heterocycles. The molecule has 0 fully saturated rings. The Kier molecular flexibility index (Phi) is 4.15. The molecule has 0 saturated heterocycles. The molecule has 0 aliphatic carbocycles. The van der Waals surface area contributed by atoms with Crippen LogP contribution in [0.25, 0.3) is 21.8 Å². The normalized spacial score (nSPS) is 11.4. The van der Waals surface area contributed by atoms with Crippen LogP contribution in [-0.4, -0.2) is 4.57 Å². The number of allylic oxidation sites excluding steroid dienone is 1. The van der Waals surface area contributed by atoms with Gasteiger partial charge in [-0.25, -0.2) is 0 Å². The standard InChI is InChI=1S/C15H9Br4N/c1-2-3-20-14-10(4-8(16)6-12(14)18)11-5-9(17)7-13(19)15(11)20/h2,4-7H,1,3H2. The van der Waals surface area contributed by atoms with E-state index in [4.69, 9.17) is 0 Å². The second kappa shape index (κ2) is 5.59. The van der Waals surface area contributed by atoms with Crippen molar-refractivity contribution < 1.29 is 0 Å². The van der Waals surface area contributed by atoms with E-state index in [1.807, 2.05) is 6.08 Å². The van der Waals surface area contributed by atoms with Crippen LogP contribution in [0, 0.1) is 0 Å². The van der Waals surface area contributed by atoms with Crippen LogP contribution in [0.4, 0.5) is 0 Å². The highest BCUT2D eigenvalue weighted by molar-refractivity contribution is 9.11. The van der Waals surface area contributed by atoms with Crippen molar-refractivity contribution in [1.82, 2.24) is 4.57 Å². The molecular formula is C15H9Br4N. The van der Waals surface area contributed by atoms with E-state index in [1.165, 1.54) is 21.8 Å². The smallest absolute Gasteiger partial charge is 0.0639 e. The number of hydrogen-bond acceptors (Lipinski definition) is 0. The van der Waals surface area contributed by atoms with Crippen LogP contribution < -0.4 is 0 Å². The number of halogens is 4. The molecule has 0 aliphatic heterocycles. The maximum atomic E-state index is 3.87. The summed E-state index contributed by atoms with van der Waals surface area (Å²) < 4.78 is 6.53. The van der Waals surface area contributed by atoms with E-state index in [0.717, 1.165) is 24.4 Å². The van der Waals surface area contributed by atoms with Gasteiger partial charge in [-0.3, -0.25) is 0 Å². The van der Waals surface area contributed by atoms with Crippen LogP contribution in [0.5, 0.6) is 0 Å². The van der Waals surface area contributed by atoms with Gasteiger partial charge >= 0.3 is 0 Å². The van der Waals surface area contributed by atoms with Crippen molar-refractivity contribution in [3.63, 3.8) is 0 Å². The van der Waals surface area contributed by atoms with Gasteiger partial charge in [0.1, 0.15) is 0 Å². The largest absolute Gasteiger partial charge is 0.335 e. The van der Waals surface area contributed by atoms with E-state index in [-0.39, 0.29) is 0 Å². The topological polar surface area (TPSA) is 4.93 Å². The molecule has 1 nitrogen and oxygen atoms in total. The number of nitrogens with zero attached hydrogens (tertiary/aromatic N) is 1. The molecule has 102 valence electrons. The molecule has 1 aromatic heterocycles. The third kappa shape index (κ3) is 2.32. The molecule has 2 aromatic carbocycles. The molecule has 5 heteroatoms. The molecule has 0 amide bonds. The van der Waals surface area contributed by atoms with E-state index in [0.29, 0.717) is 0 Å². The third-order valence-electron chi connectivity index (χ3n) is 3.20. The second-order valence-electron chi connectivity index (χ2n) is 4.47. The average Bonchev–Trinajstić information content (AvgIpc) is 2.64. The van der Waals surface area contributed by atoms with E-state index < -0.39 is 0 Å². The minimum atomic E-state index is 0.764. The van der Waals surface area contributed by atoms with Gasteiger partial charge in [-0.1, -0.05) is 37.9 Å². The monoisotopic (exact) mass is 519 g/mol. The molecule has 0 aliphatic rings. The molecule has 0 bridgehead atoms. The Labute approximate surface area is 150 Å². The summed E-state index contributed by atoms with van der Waals surface area (Å²) in [6.07, 6.45) is 1.92. The number of aromatic nitrogens is 1. The van der Waals surface area contributed by atoms with Crippen LogP contribution in [0.1, 0.15) is 0 Å². The van der Waals surface area contributed by atoms with Gasteiger partial charge in [-0.2, -0.15) is 0 Å². The molecule has 0 atom stereocenters. The lowest BCUT2D eigenvalue weighted by atomic mass is 10.1. The number of rotatable bonds is 2. The van der Waals surface area contributed by atoms with Gasteiger partial charge in [0.25, 0.3) is 0 Å². The second-order valence-corrected chi connectivity index (χ2v) is 8.01. The first-order valence-electron chi connectivity index (χ1n) is 5.90. The lowest BCUT2D eigenvalue weighted by molar-refractivity contribution is 0.897. The summed E-state index contributed by atoms with van der Waals surface area (Å²) in [5.74, 6) is 0. The molecule has 0 N–H and O–H groups in total. The first-order chi connectivity index (χ1) is 9.52. The Morgan fingerprint density at radius 2 is 1.30 bits per heavy atom. The van der Waals surface area contributed by atoms with Crippen molar-refractivity contribution >= 4 is 85.5 Å². The fourth-order valence-corrected chi connectivity index (χ4v) is 5.39. The van der Waals surface area contributed by atoms with E-state index in [2.05, 4.69) is 99.1 Å². The quantitative estimate of drug-likeness (QED) is 0.318. The summed E-state index contributed by atoms with van der Waals surface area (Å²) in [4.78, 5) is 0. The molecule has 0 unspecified atom stereocenters. The highest BCUT2D eigenvalue weighted by atomic mass is 79.9. The first-order valence-corrected chi connectivity index (χ1v) is 9.07. The number of hydrogen-bond donors (Lipinski definition) is 0. The SMILES string of the molecule is C=CCn1c2c(Br)cc(Br)cc2c2cc(Br)cc(Br)c21. The Morgan fingerprint density at radius 3 is 1.70 bits per heavy atom. The molecular weight excluding hydrogens is 514 g/mol. The first kappa shape index (κ1) is 14.8. The van der Waals surface area contributed by atoms with Gasteiger partial charge in [0, 0.05) is 35.2 Å². The van der Waals surface area contributed by atoms with Crippen LogP contribution in [-0.2, 0) is 6.54 Å². The highest BCUT2D eigenvalue weighted by Crippen LogP contribution is 2.40. The molecule has 20 heavy (non-hydrogen) atoms. The maximum absolute atomic E-state index is 3.87. The zero-order chi connectivity index (χ0) is 14.4. The van der Waals surface area contributed by atoms with Crippen molar-refractivity contribution in [2.45, 2.75) is 6.54 Å². The lowest BCUT2D eigenvalue weighted by Crippen LogP contribution is -1.95. The van der Waals surface area contributed by atoms with Gasteiger partial charge in [-0.15, -0.1) is 6.58 Å². The number of benzene rings is 2. The minimum absolute atomic E-state index is 0.764. The molecule has 0 radical (unpaired) electrons. The maximum Gasteiger partial charge on any atom is 0.0639 e. The van der Waals surface area contributed by atoms with Crippen molar-refractivity contribution in [2.24, 2.45) is 0 Å². The molecule has 3 aromatic rings. The van der Waals surface area contributed by atoms with Gasteiger partial charge in [0.05, 0.1) is 11.0 Å². The van der Waals surface area contributed by atoms with Crippen LogP contribution in [0.2, 0.25) is 0 Å². The fraction of sp³-hybridized carbons (Fsp3) is 0.0667. The van der Waals surface area contributed by atoms with Crippen molar-refractivity contribution in [2.75, 3.05) is 0 Å². The van der Waals surface area contributed by atoms with Gasteiger partial charge in [-0.05, 0) is 56.1 Å². The molecule has 3 rings (SSSR count). The number of fused-ring (bicyclic) bond motifs is 3. The molecule has 0 saturated carbocycles. The third-order valence-corrected chi connectivity index (χ3v) is 5.32. The van der Waals surface area contributed by atoms with Gasteiger partial charge in [0.15, 0.2) is 0 Å². The Hall–Kier alpha value is -0.100. The van der Waals surface area contributed by atoms with Crippen molar-refractivity contribution in [3.8, 4) is 0 Å². The minimum Gasteiger partial charge on any atom is -0.335 e. The Balaban J connectivity index is 2.62. The predicted octanol–water partition coefficient (Wildman–Crippen LogP) is 7.03. The summed E-state index contributed by atoms with van der Waals surface area (Å²) in [6, 6.07) is 8.45. The Morgan fingerprint density at radius 1 is 0.850 bits per heavy atom. The summed E-state index contributed by atoms with van der Waals surface area (Å²) in [5.41, 5.74) is 2.36. The summed E-state index contributed by atoms with van der Waals surface area (Å²) >= 11 is 14.5. The van der Waals surface area contributed by atoms with E-state index >= 15 is 0 Å². The zero-order valence-corrected chi connectivity index (χ0v) is 16.6. The lowest BCUT2D eigenvalue weighted by Gasteiger charge is -2.07. The summed E-state index contributed by atoms with van der Waals surface area (Å²) in [6.45, 7) is 4.64. The fourth-order valence-electron chi connectivity index (χ4n) is 2.51. The average molecular weight is 523 g/mol. The summed E-state index contributed by atoms with van der Waals surface area (Å²) in [7, 11) is 0. The van der Waals surface area contributed by atoms with Crippen LogP contribution in [0.3, 0.4) is 0 Å². The molecule has 0 spiro atoms.